The third-order valence-corrected chi connectivity index (χ3v) is 4.79. The molecule has 0 spiro atoms. The van der Waals surface area contributed by atoms with Gasteiger partial charge < -0.3 is 0 Å². The molecule has 0 aliphatic rings. The van der Waals surface area contributed by atoms with Gasteiger partial charge in [-0.05, 0) is 13.0 Å². The Morgan fingerprint density at radius 1 is 1.39 bits per heavy atom. The van der Waals surface area contributed by atoms with Gasteiger partial charge in [-0.15, -0.1) is 0 Å². The summed E-state index contributed by atoms with van der Waals surface area (Å²) in [4.78, 5) is 21.1. The molecule has 0 heterocycles. The Hall–Kier alpha value is -1.76. The highest BCUT2D eigenvalue weighted by atomic mass is 32.2. The molecule has 0 N–H and O–H groups in total. The monoisotopic (exact) mass is 271 g/mol. The molecule has 7 heteroatoms. The SMILES string of the molecule is CCC(=O)C(C)S(=O)(=O)c1ccccc1[N+](=O)[O-]. The van der Waals surface area contributed by atoms with E-state index in [-0.39, 0.29) is 6.42 Å². The molecule has 0 fully saturated rings. The number of Topliss-reactive ketones (excluding diaryl/α,β-unsaturated/α-hetero) is 1. The van der Waals surface area contributed by atoms with E-state index in [2.05, 4.69) is 0 Å². The van der Waals surface area contributed by atoms with E-state index in [1.807, 2.05) is 0 Å². The summed E-state index contributed by atoms with van der Waals surface area (Å²) in [6.45, 7) is 2.80. The first-order valence-electron chi connectivity index (χ1n) is 5.32. The highest BCUT2D eigenvalue weighted by molar-refractivity contribution is 7.93. The van der Waals surface area contributed by atoms with Gasteiger partial charge in [-0.1, -0.05) is 19.1 Å². The van der Waals surface area contributed by atoms with Crippen molar-refractivity contribution in [3.05, 3.63) is 34.4 Å². The van der Waals surface area contributed by atoms with Crippen LogP contribution in [-0.2, 0) is 14.6 Å². The minimum absolute atomic E-state index is 0.0705. The highest BCUT2D eigenvalue weighted by Crippen LogP contribution is 2.27. The Morgan fingerprint density at radius 2 is 1.94 bits per heavy atom. The molecule has 0 aromatic heterocycles. The summed E-state index contributed by atoms with van der Waals surface area (Å²) < 4.78 is 24.3. The zero-order valence-electron chi connectivity index (χ0n) is 9.99. The summed E-state index contributed by atoms with van der Waals surface area (Å²) in [6.07, 6.45) is 0.0705. The fraction of sp³-hybridized carbons (Fsp3) is 0.364. The number of hydrogen-bond donors (Lipinski definition) is 0. The van der Waals surface area contributed by atoms with Crippen LogP contribution in [0.1, 0.15) is 20.3 Å². The van der Waals surface area contributed by atoms with Gasteiger partial charge in [0.05, 0.1) is 4.92 Å². The molecule has 1 aromatic rings. The van der Waals surface area contributed by atoms with Gasteiger partial charge in [0, 0.05) is 12.5 Å². The lowest BCUT2D eigenvalue weighted by molar-refractivity contribution is -0.387. The van der Waals surface area contributed by atoms with Crippen LogP contribution in [0.4, 0.5) is 5.69 Å². The number of para-hydroxylation sites is 1. The van der Waals surface area contributed by atoms with Crippen LogP contribution in [0.15, 0.2) is 29.2 Å². The van der Waals surface area contributed by atoms with Crippen molar-refractivity contribution in [2.45, 2.75) is 30.4 Å². The van der Waals surface area contributed by atoms with Crippen molar-refractivity contribution >= 4 is 21.3 Å². The summed E-state index contributed by atoms with van der Waals surface area (Å²) in [5.74, 6) is -0.465. The van der Waals surface area contributed by atoms with Gasteiger partial charge in [-0.3, -0.25) is 14.9 Å². The van der Waals surface area contributed by atoms with Gasteiger partial charge in [-0.25, -0.2) is 8.42 Å². The standard InChI is InChI=1S/C11H13NO5S/c1-3-10(13)8(2)18(16,17)11-7-5-4-6-9(11)12(14)15/h4-8H,3H2,1-2H3. The number of carbonyl (C=O) groups is 1. The number of nitro benzene ring substituents is 1. The largest absolute Gasteiger partial charge is 0.298 e. The number of rotatable bonds is 5. The van der Waals surface area contributed by atoms with Crippen LogP contribution in [0.25, 0.3) is 0 Å². The maximum Gasteiger partial charge on any atom is 0.287 e. The topological polar surface area (TPSA) is 94.3 Å². The Labute approximate surface area is 105 Å². The molecule has 1 unspecified atom stereocenters. The molecule has 1 aromatic carbocycles. The summed E-state index contributed by atoms with van der Waals surface area (Å²) in [7, 11) is -4.02. The predicted molar refractivity (Wildman–Crippen MR) is 65.0 cm³/mol. The maximum absolute atomic E-state index is 12.1. The van der Waals surface area contributed by atoms with E-state index in [0.717, 1.165) is 12.1 Å². The molecule has 0 saturated carbocycles. The number of ketones is 1. The van der Waals surface area contributed by atoms with Crippen LogP contribution in [0.3, 0.4) is 0 Å². The summed E-state index contributed by atoms with van der Waals surface area (Å²) in [6, 6.07) is 5.02. The van der Waals surface area contributed by atoms with Gasteiger partial charge in [0.2, 0.25) is 0 Å². The van der Waals surface area contributed by atoms with E-state index in [4.69, 9.17) is 0 Å². The third kappa shape index (κ3) is 2.56. The van der Waals surface area contributed by atoms with Gasteiger partial charge in [0.1, 0.15) is 10.1 Å². The lowest BCUT2D eigenvalue weighted by Gasteiger charge is -2.11. The average Bonchev–Trinajstić information content (AvgIpc) is 2.36. The molecule has 98 valence electrons. The molecule has 0 aliphatic heterocycles. The van der Waals surface area contributed by atoms with Crippen LogP contribution in [0.5, 0.6) is 0 Å². The molecular weight excluding hydrogens is 258 g/mol. The molecule has 6 nitrogen and oxygen atoms in total. The highest BCUT2D eigenvalue weighted by Gasteiger charge is 2.33. The summed E-state index contributed by atoms with van der Waals surface area (Å²) in [5.41, 5.74) is -0.506. The molecule has 18 heavy (non-hydrogen) atoms. The number of benzene rings is 1. The Kier molecular flexibility index (Phi) is 4.18. The first kappa shape index (κ1) is 14.3. The maximum atomic E-state index is 12.1. The van der Waals surface area contributed by atoms with Crippen molar-refractivity contribution in [3.63, 3.8) is 0 Å². The van der Waals surface area contributed by atoms with E-state index in [1.165, 1.54) is 19.1 Å². The van der Waals surface area contributed by atoms with Crippen LogP contribution < -0.4 is 0 Å². The molecule has 0 saturated heterocycles. The lowest BCUT2D eigenvalue weighted by atomic mass is 10.2. The Balaban J connectivity index is 3.38. The minimum atomic E-state index is -4.02. The quantitative estimate of drug-likeness (QED) is 0.600. The Bertz CT molecular complexity index is 579. The van der Waals surface area contributed by atoms with Gasteiger partial charge in [0.25, 0.3) is 5.69 Å². The second-order valence-corrected chi connectivity index (χ2v) is 5.97. The van der Waals surface area contributed by atoms with E-state index in [0.29, 0.717) is 0 Å². The Morgan fingerprint density at radius 3 is 2.44 bits per heavy atom. The van der Waals surface area contributed by atoms with Crippen LogP contribution in [0, 0.1) is 10.1 Å². The average molecular weight is 271 g/mol. The van der Waals surface area contributed by atoms with Crippen molar-refractivity contribution in [1.29, 1.82) is 0 Å². The van der Waals surface area contributed by atoms with E-state index in [1.54, 1.807) is 6.92 Å². The number of hydrogen-bond acceptors (Lipinski definition) is 5. The van der Waals surface area contributed by atoms with Crippen molar-refractivity contribution in [2.75, 3.05) is 0 Å². The molecule has 0 radical (unpaired) electrons. The number of nitro groups is 1. The minimum Gasteiger partial charge on any atom is -0.298 e. The van der Waals surface area contributed by atoms with E-state index >= 15 is 0 Å². The molecule has 0 bridgehead atoms. The van der Waals surface area contributed by atoms with Crippen molar-refractivity contribution in [2.24, 2.45) is 0 Å². The zero-order valence-corrected chi connectivity index (χ0v) is 10.8. The predicted octanol–water partition coefficient (Wildman–Crippen LogP) is 1.74. The lowest BCUT2D eigenvalue weighted by Crippen LogP contribution is -2.27. The van der Waals surface area contributed by atoms with Crippen molar-refractivity contribution in [1.82, 2.24) is 0 Å². The van der Waals surface area contributed by atoms with E-state index < -0.39 is 36.4 Å². The van der Waals surface area contributed by atoms with Crippen LogP contribution in [-0.4, -0.2) is 24.4 Å². The van der Waals surface area contributed by atoms with Gasteiger partial charge in [0.15, 0.2) is 15.6 Å². The van der Waals surface area contributed by atoms with Crippen molar-refractivity contribution in [3.8, 4) is 0 Å². The van der Waals surface area contributed by atoms with Gasteiger partial charge in [-0.2, -0.15) is 0 Å². The zero-order chi connectivity index (χ0) is 13.9. The second-order valence-electron chi connectivity index (χ2n) is 3.73. The molecule has 0 amide bonds. The third-order valence-electron chi connectivity index (χ3n) is 2.64. The summed E-state index contributed by atoms with van der Waals surface area (Å²) >= 11 is 0. The number of carbonyl (C=O) groups excluding carboxylic acids is 1. The summed E-state index contributed by atoms with van der Waals surface area (Å²) in [5, 5.41) is 9.51. The van der Waals surface area contributed by atoms with E-state index in [9.17, 15) is 23.3 Å². The smallest absolute Gasteiger partial charge is 0.287 e. The fourth-order valence-corrected chi connectivity index (χ4v) is 3.10. The number of sulfone groups is 1. The normalized spacial score (nSPS) is 13.0. The van der Waals surface area contributed by atoms with Gasteiger partial charge >= 0.3 is 0 Å². The molecule has 1 atom stereocenters. The number of nitrogens with zero attached hydrogens (tertiary/aromatic N) is 1. The fourth-order valence-electron chi connectivity index (χ4n) is 1.50. The second kappa shape index (κ2) is 5.26. The first-order valence-corrected chi connectivity index (χ1v) is 6.87. The molecule has 1 rings (SSSR count). The molecule has 0 aliphatic carbocycles. The van der Waals surface area contributed by atoms with Crippen LogP contribution >= 0.6 is 0 Å². The van der Waals surface area contributed by atoms with Crippen molar-refractivity contribution < 1.29 is 18.1 Å². The molecular formula is C11H13NO5S. The van der Waals surface area contributed by atoms with Crippen LogP contribution in [0.2, 0.25) is 0 Å². The first-order chi connectivity index (χ1) is 8.32.